The van der Waals surface area contributed by atoms with Crippen LogP contribution >= 0.6 is 11.6 Å². The lowest BCUT2D eigenvalue weighted by molar-refractivity contribution is 0.182. The molecule has 0 aliphatic heterocycles. The van der Waals surface area contributed by atoms with Crippen molar-refractivity contribution in [3.8, 4) is 11.5 Å². The third-order valence-electron chi connectivity index (χ3n) is 2.62. The summed E-state index contributed by atoms with van der Waals surface area (Å²) in [6.07, 6.45) is 0. The van der Waals surface area contributed by atoms with Gasteiger partial charge in [-0.2, -0.15) is 0 Å². The zero-order valence-electron chi connectivity index (χ0n) is 10.5. The van der Waals surface area contributed by atoms with Crippen molar-refractivity contribution < 1.29 is 14.2 Å². The van der Waals surface area contributed by atoms with Gasteiger partial charge < -0.3 is 14.2 Å². The highest BCUT2D eigenvalue weighted by Gasteiger charge is 2.13. The average Bonchev–Trinajstić information content (AvgIpc) is 2.37. The molecule has 18 heavy (non-hydrogen) atoms. The molecular formula is C13H14ClNO3. The van der Waals surface area contributed by atoms with Crippen molar-refractivity contribution in [2.75, 3.05) is 21.3 Å². The molecule has 1 heterocycles. The number of rotatable bonds is 4. The molecule has 0 radical (unpaired) electrons. The van der Waals surface area contributed by atoms with Gasteiger partial charge >= 0.3 is 0 Å². The highest BCUT2D eigenvalue weighted by Crippen LogP contribution is 2.36. The van der Waals surface area contributed by atoms with E-state index in [1.54, 1.807) is 33.5 Å². The standard InChI is InChI=1S/C13H14ClNO3/c1-16-7-8-6-9(14)12-10(17-2)4-5-11(18-3)13(12)15-8/h4-6H,7H2,1-3H3. The molecule has 0 unspecified atom stereocenters. The molecular weight excluding hydrogens is 254 g/mol. The number of hydrogen-bond acceptors (Lipinski definition) is 4. The van der Waals surface area contributed by atoms with Crippen LogP contribution in [0.4, 0.5) is 0 Å². The topological polar surface area (TPSA) is 40.6 Å². The van der Waals surface area contributed by atoms with Crippen molar-refractivity contribution in [2.24, 2.45) is 0 Å². The Balaban J connectivity index is 2.75. The Kier molecular flexibility index (Phi) is 3.89. The van der Waals surface area contributed by atoms with Crippen molar-refractivity contribution in [3.05, 3.63) is 28.9 Å². The van der Waals surface area contributed by atoms with E-state index in [0.717, 1.165) is 11.1 Å². The maximum Gasteiger partial charge on any atom is 0.145 e. The van der Waals surface area contributed by atoms with Gasteiger partial charge in [-0.15, -0.1) is 0 Å². The van der Waals surface area contributed by atoms with Crippen LogP contribution < -0.4 is 9.47 Å². The molecule has 96 valence electrons. The largest absolute Gasteiger partial charge is 0.496 e. The lowest BCUT2D eigenvalue weighted by Gasteiger charge is -2.11. The zero-order chi connectivity index (χ0) is 13.1. The monoisotopic (exact) mass is 267 g/mol. The van der Waals surface area contributed by atoms with Crippen LogP contribution in [0.25, 0.3) is 10.9 Å². The number of hydrogen-bond donors (Lipinski definition) is 0. The molecule has 0 amide bonds. The summed E-state index contributed by atoms with van der Waals surface area (Å²) in [6, 6.07) is 5.39. The Morgan fingerprint density at radius 3 is 2.39 bits per heavy atom. The van der Waals surface area contributed by atoms with Gasteiger partial charge in [0.05, 0.1) is 36.9 Å². The fourth-order valence-corrected chi connectivity index (χ4v) is 2.15. The van der Waals surface area contributed by atoms with E-state index in [9.17, 15) is 0 Å². The number of methoxy groups -OCH3 is 3. The molecule has 2 aromatic rings. The van der Waals surface area contributed by atoms with Gasteiger partial charge in [0.2, 0.25) is 0 Å². The molecule has 5 heteroatoms. The molecule has 0 saturated heterocycles. The molecule has 1 aromatic carbocycles. The first-order valence-electron chi connectivity index (χ1n) is 5.40. The van der Waals surface area contributed by atoms with E-state index in [1.165, 1.54) is 0 Å². The van der Waals surface area contributed by atoms with Gasteiger partial charge in [0, 0.05) is 7.11 Å². The van der Waals surface area contributed by atoms with E-state index in [-0.39, 0.29) is 0 Å². The lowest BCUT2D eigenvalue weighted by Crippen LogP contribution is -1.97. The fourth-order valence-electron chi connectivity index (χ4n) is 1.85. The summed E-state index contributed by atoms with van der Waals surface area (Å²) < 4.78 is 15.7. The number of halogens is 1. The summed E-state index contributed by atoms with van der Waals surface area (Å²) >= 11 is 6.28. The van der Waals surface area contributed by atoms with Gasteiger partial charge in [-0.25, -0.2) is 4.98 Å². The smallest absolute Gasteiger partial charge is 0.145 e. The summed E-state index contributed by atoms with van der Waals surface area (Å²) in [5.74, 6) is 1.33. The second-order valence-electron chi connectivity index (χ2n) is 3.72. The van der Waals surface area contributed by atoms with Gasteiger partial charge in [0.15, 0.2) is 0 Å². The second kappa shape index (κ2) is 5.42. The molecule has 0 aliphatic rings. The van der Waals surface area contributed by atoms with Crippen LogP contribution in [0, 0.1) is 0 Å². The first kappa shape index (κ1) is 12.9. The summed E-state index contributed by atoms with van der Waals surface area (Å²) in [4.78, 5) is 4.49. The average molecular weight is 268 g/mol. The molecule has 0 aliphatic carbocycles. The van der Waals surface area contributed by atoms with E-state index in [0.29, 0.717) is 28.6 Å². The second-order valence-corrected chi connectivity index (χ2v) is 4.13. The van der Waals surface area contributed by atoms with Gasteiger partial charge in [-0.3, -0.25) is 0 Å². The molecule has 0 spiro atoms. The number of aromatic nitrogens is 1. The minimum absolute atomic E-state index is 0.399. The number of nitrogens with zero attached hydrogens (tertiary/aromatic N) is 1. The first-order chi connectivity index (χ1) is 8.71. The Bertz CT molecular complexity index is 572. The number of pyridine rings is 1. The van der Waals surface area contributed by atoms with E-state index in [1.807, 2.05) is 6.07 Å². The van der Waals surface area contributed by atoms with Crippen LogP contribution in [0.2, 0.25) is 5.02 Å². The zero-order valence-corrected chi connectivity index (χ0v) is 11.2. The van der Waals surface area contributed by atoms with E-state index >= 15 is 0 Å². The van der Waals surface area contributed by atoms with E-state index < -0.39 is 0 Å². The summed E-state index contributed by atoms with van der Waals surface area (Å²) in [5, 5.41) is 1.32. The van der Waals surface area contributed by atoms with Crippen LogP contribution in [0.1, 0.15) is 5.69 Å². The van der Waals surface area contributed by atoms with Gasteiger partial charge in [-0.1, -0.05) is 11.6 Å². The van der Waals surface area contributed by atoms with Gasteiger partial charge in [0.1, 0.15) is 17.0 Å². The maximum atomic E-state index is 6.28. The van der Waals surface area contributed by atoms with Crippen molar-refractivity contribution in [1.29, 1.82) is 0 Å². The molecule has 0 atom stereocenters. The van der Waals surface area contributed by atoms with Crippen molar-refractivity contribution in [3.63, 3.8) is 0 Å². The van der Waals surface area contributed by atoms with Crippen molar-refractivity contribution >= 4 is 22.5 Å². The summed E-state index contributed by atoms with van der Waals surface area (Å²) in [5.41, 5.74) is 1.43. The van der Waals surface area contributed by atoms with Crippen LogP contribution in [-0.2, 0) is 11.3 Å². The van der Waals surface area contributed by atoms with Crippen LogP contribution in [0.15, 0.2) is 18.2 Å². The molecule has 0 bridgehead atoms. The Morgan fingerprint density at radius 1 is 1.11 bits per heavy atom. The predicted octanol–water partition coefficient (Wildman–Crippen LogP) is 3.05. The maximum absolute atomic E-state index is 6.28. The first-order valence-corrected chi connectivity index (χ1v) is 5.78. The molecule has 0 N–H and O–H groups in total. The minimum Gasteiger partial charge on any atom is -0.496 e. The van der Waals surface area contributed by atoms with Crippen LogP contribution in [-0.4, -0.2) is 26.3 Å². The summed E-state index contributed by atoms with van der Waals surface area (Å²) in [7, 11) is 4.81. The summed E-state index contributed by atoms with van der Waals surface area (Å²) in [6.45, 7) is 0.399. The highest BCUT2D eigenvalue weighted by atomic mass is 35.5. The number of ether oxygens (including phenoxy) is 3. The van der Waals surface area contributed by atoms with Crippen molar-refractivity contribution in [1.82, 2.24) is 4.98 Å². The van der Waals surface area contributed by atoms with Crippen LogP contribution in [0.5, 0.6) is 11.5 Å². The fraction of sp³-hybridized carbons (Fsp3) is 0.308. The SMILES string of the molecule is COCc1cc(Cl)c2c(OC)ccc(OC)c2n1. The number of fused-ring (bicyclic) bond motifs is 1. The molecule has 1 aromatic heterocycles. The quantitative estimate of drug-likeness (QED) is 0.854. The van der Waals surface area contributed by atoms with E-state index in [4.69, 9.17) is 25.8 Å². The minimum atomic E-state index is 0.399. The normalized spacial score (nSPS) is 10.7. The molecule has 4 nitrogen and oxygen atoms in total. The molecule has 0 fully saturated rings. The molecule has 2 rings (SSSR count). The third kappa shape index (κ3) is 2.21. The van der Waals surface area contributed by atoms with Crippen LogP contribution in [0.3, 0.4) is 0 Å². The van der Waals surface area contributed by atoms with Crippen molar-refractivity contribution in [2.45, 2.75) is 6.61 Å². The Hall–Kier alpha value is -1.52. The van der Waals surface area contributed by atoms with Gasteiger partial charge in [0.25, 0.3) is 0 Å². The molecule has 0 saturated carbocycles. The highest BCUT2D eigenvalue weighted by molar-refractivity contribution is 6.36. The Labute approximate surface area is 110 Å². The third-order valence-corrected chi connectivity index (χ3v) is 2.92. The Morgan fingerprint density at radius 2 is 1.78 bits per heavy atom. The van der Waals surface area contributed by atoms with Gasteiger partial charge in [-0.05, 0) is 18.2 Å². The predicted molar refractivity (Wildman–Crippen MR) is 70.6 cm³/mol. The lowest BCUT2D eigenvalue weighted by atomic mass is 10.1. The van der Waals surface area contributed by atoms with E-state index in [2.05, 4.69) is 4.98 Å². The number of benzene rings is 1.